The molecule has 0 unspecified atom stereocenters. The molecule has 0 saturated heterocycles. The third-order valence-electron chi connectivity index (χ3n) is 1.53. The van der Waals surface area contributed by atoms with E-state index in [1.807, 2.05) is 6.07 Å². The molecule has 1 rings (SSSR count). The van der Waals surface area contributed by atoms with E-state index in [1.165, 1.54) is 6.07 Å². The highest BCUT2D eigenvalue weighted by atomic mass is 19.3. The number of nitrogens with zero attached hydrogens (tertiary/aromatic N) is 2. The molecule has 0 amide bonds. The van der Waals surface area contributed by atoms with E-state index in [1.54, 1.807) is 0 Å². The van der Waals surface area contributed by atoms with Gasteiger partial charge in [0.15, 0.2) is 0 Å². The lowest BCUT2D eigenvalue weighted by molar-refractivity contribution is 0.146. The Bertz CT molecular complexity index is 344. The molecule has 0 bridgehead atoms. The van der Waals surface area contributed by atoms with Crippen LogP contribution < -0.4 is 5.73 Å². The van der Waals surface area contributed by atoms with Crippen molar-refractivity contribution >= 4 is 0 Å². The van der Waals surface area contributed by atoms with Crippen LogP contribution in [0.2, 0.25) is 0 Å². The predicted octanol–water partition coefficient (Wildman–Crippen LogP) is 1.35. The van der Waals surface area contributed by atoms with Crippen LogP contribution in [0.3, 0.4) is 0 Å². The second-order valence-corrected chi connectivity index (χ2v) is 2.35. The van der Waals surface area contributed by atoms with Crippen molar-refractivity contribution in [3.05, 3.63) is 29.1 Å². The molecule has 0 aliphatic rings. The molecular formula is C8H7F2N3. The van der Waals surface area contributed by atoms with Gasteiger partial charge in [0, 0.05) is 6.54 Å². The Labute approximate surface area is 73.8 Å². The van der Waals surface area contributed by atoms with Crippen LogP contribution in [0.1, 0.15) is 23.4 Å². The zero-order chi connectivity index (χ0) is 9.84. The second kappa shape index (κ2) is 3.92. The maximum atomic E-state index is 12.1. The summed E-state index contributed by atoms with van der Waals surface area (Å²) in [5.41, 5.74) is 5.34. The van der Waals surface area contributed by atoms with E-state index in [9.17, 15) is 8.78 Å². The molecule has 1 heterocycles. The van der Waals surface area contributed by atoms with Gasteiger partial charge in [0.05, 0.1) is 11.3 Å². The summed E-state index contributed by atoms with van der Waals surface area (Å²) in [5, 5.41) is 8.55. The standard InChI is InChI=1S/C8H7F2N3/c9-8(10)6-2-1-5(3-11)7(4-12)13-6/h1-2,8H,4,12H2. The van der Waals surface area contributed by atoms with Crippen molar-refractivity contribution < 1.29 is 8.78 Å². The van der Waals surface area contributed by atoms with Crippen LogP contribution in [-0.2, 0) is 6.54 Å². The summed E-state index contributed by atoms with van der Waals surface area (Å²) < 4.78 is 24.3. The lowest BCUT2D eigenvalue weighted by Gasteiger charge is -2.02. The van der Waals surface area contributed by atoms with Crippen LogP contribution in [0.15, 0.2) is 12.1 Å². The molecule has 3 nitrogen and oxygen atoms in total. The number of nitriles is 1. The van der Waals surface area contributed by atoms with E-state index < -0.39 is 6.43 Å². The zero-order valence-corrected chi connectivity index (χ0v) is 6.67. The number of aromatic nitrogens is 1. The maximum Gasteiger partial charge on any atom is 0.280 e. The molecule has 0 radical (unpaired) electrons. The minimum absolute atomic E-state index is 0.0105. The van der Waals surface area contributed by atoms with Crippen molar-refractivity contribution in [2.24, 2.45) is 5.73 Å². The molecule has 0 spiro atoms. The predicted molar refractivity (Wildman–Crippen MR) is 41.8 cm³/mol. The fourth-order valence-electron chi connectivity index (χ4n) is 0.897. The fourth-order valence-corrected chi connectivity index (χ4v) is 0.897. The smallest absolute Gasteiger partial charge is 0.280 e. The number of hydrogen-bond donors (Lipinski definition) is 1. The van der Waals surface area contributed by atoms with Gasteiger partial charge in [0.1, 0.15) is 11.8 Å². The highest BCUT2D eigenvalue weighted by molar-refractivity contribution is 5.34. The molecule has 0 atom stereocenters. The fraction of sp³-hybridized carbons (Fsp3) is 0.250. The van der Waals surface area contributed by atoms with Gasteiger partial charge in [-0.05, 0) is 12.1 Å². The van der Waals surface area contributed by atoms with E-state index >= 15 is 0 Å². The first-order valence-electron chi connectivity index (χ1n) is 3.57. The lowest BCUT2D eigenvalue weighted by Crippen LogP contribution is -2.05. The highest BCUT2D eigenvalue weighted by Crippen LogP contribution is 2.17. The van der Waals surface area contributed by atoms with E-state index in [4.69, 9.17) is 11.0 Å². The summed E-state index contributed by atoms with van der Waals surface area (Å²) in [7, 11) is 0. The van der Waals surface area contributed by atoms with Crippen LogP contribution in [0.4, 0.5) is 8.78 Å². The number of alkyl halides is 2. The normalized spacial score (nSPS) is 10.1. The van der Waals surface area contributed by atoms with Gasteiger partial charge in [-0.15, -0.1) is 0 Å². The van der Waals surface area contributed by atoms with Crippen molar-refractivity contribution in [2.45, 2.75) is 13.0 Å². The summed E-state index contributed by atoms with van der Waals surface area (Å²) in [6.45, 7) is -0.0105. The van der Waals surface area contributed by atoms with Gasteiger partial charge >= 0.3 is 0 Å². The van der Waals surface area contributed by atoms with Crippen molar-refractivity contribution in [3.8, 4) is 6.07 Å². The van der Waals surface area contributed by atoms with Gasteiger partial charge in [-0.2, -0.15) is 5.26 Å². The maximum absolute atomic E-state index is 12.1. The van der Waals surface area contributed by atoms with Gasteiger partial charge in [0.2, 0.25) is 0 Å². The molecular weight excluding hydrogens is 176 g/mol. The Morgan fingerprint density at radius 1 is 1.54 bits per heavy atom. The van der Waals surface area contributed by atoms with Gasteiger partial charge in [0.25, 0.3) is 6.43 Å². The lowest BCUT2D eigenvalue weighted by atomic mass is 10.2. The van der Waals surface area contributed by atoms with Crippen LogP contribution >= 0.6 is 0 Å². The van der Waals surface area contributed by atoms with Gasteiger partial charge in [-0.3, -0.25) is 0 Å². The molecule has 2 N–H and O–H groups in total. The molecule has 0 saturated carbocycles. The van der Waals surface area contributed by atoms with Crippen LogP contribution in [0.25, 0.3) is 0 Å². The van der Waals surface area contributed by atoms with E-state index in [2.05, 4.69) is 4.98 Å². The van der Waals surface area contributed by atoms with Gasteiger partial charge < -0.3 is 5.73 Å². The van der Waals surface area contributed by atoms with E-state index in [0.29, 0.717) is 0 Å². The number of pyridine rings is 1. The van der Waals surface area contributed by atoms with Crippen LogP contribution in [0, 0.1) is 11.3 Å². The molecule has 13 heavy (non-hydrogen) atoms. The molecule has 0 fully saturated rings. The van der Waals surface area contributed by atoms with Crippen LogP contribution in [0.5, 0.6) is 0 Å². The van der Waals surface area contributed by atoms with Gasteiger partial charge in [-0.1, -0.05) is 0 Å². The number of hydrogen-bond acceptors (Lipinski definition) is 3. The van der Waals surface area contributed by atoms with Crippen LogP contribution in [-0.4, -0.2) is 4.98 Å². The molecule has 1 aromatic heterocycles. The molecule has 0 aromatic carbocycles. The van der Waals surface area contributed by atoms with Crippen molar-refractivity contribution in [3.63, 3.8) is 0 Å². The highest BCUT2D eigenvalue weighted by Gasteiger charge is 2.11. The number of halogens is 2. The Morgan fingerprint density at radius 2 is 2.23 bits per heavy atom. The topological polar surface area (TPSA) is 62.7 Å². The minimum Gasteiger partial charge on any atom is -0.325 e. The summed E-state index contributed by atoms with van der Waals surface area (Å²) in [6, 6.07) is 4.25. The monoisotopic (exact) mass is 183 g/mol. The average molecular weight is 183 g/mol. The molecule has 5 heteroatoms. The molecule has 1 aromatic rings. The SMILES string of the molecule is N#Cc1ccc(C(F)F)nc1CN. The van der Waals surface area contributed by atoms with E-state index in [-0.39, 0.29) is 23.5 Å². The first-order chi connectivity index (χ1) is 6.19. The third-order valence-corrected chi connectivity index (χ3v) is 1.53. The molecule has 68 valence electrons. The van der Waals surface area contributed by atoms with Gasteiger partial charge in [-0.25, -0.2) is 13.8 Å². The zero-order valence-electron chi connectivity index (χ0n) is 6.67. The first-order valence-corrected chi connectivity index (χ1v) is 3.57. The average Bonchev–Trinajstić information content (AvgIpc) is 2.16. The Morgan fingerprint density at radius 3 is 2.69 bits per heavy atom. The minimum atomic E-state index is -2.63. The first kappa shape index (κ1) is 9.55. The summed E-state index contributed by atoms with van der Waals surface area (Å²) in [5.74, 6) is 0. The van der Waals surface area contributed by atoms with Crippen molar-refractivity contribution in [1.29, 1.82) is 5.26 Å². The number of nitrogens with two attached hydrogens (primary N) is 1. The van der Waals surface area contributed by atoms with Crippen molar-refractivity contribution in [1.82, 2.24) is 4.98 Å². The molecule has 0 aliphatic carbocycles. The largest absolute Gasteiger partial charge is 0.325 e. The quantitative estimate of drug-likeness (QED) is 0.752. The summed E-state index contributed by atoms with van der Waals surface area (Å²) in [6.07, 6.45) is -2.63. The van der Waals surface area contributed by atoms with E-state index in [0.717, 1.165) is 6.07 Å². The summed E-state index contributed by atoms with van der Waals surface area (Å²) in [4.78, 5) is 3.56. The Balaban J connectivity index is 3.15. The van der Waals surface area contributed by atoms with Crippen molar-refractivity contribution in [2.75, 3.05) is 0 Å². The third kappa shape index (κ3) is 1.98. The second-order valence-electron chi connectivity index (χ2n) is 2.35. The Hall–Kier alpha value is -1.54. The number of rotatable bonds is 2. The summed E-state index contributed by atoms with van der Waals surface area (Å²) >= 11 is 0. The molecule has 0 aliphatic heterocycles. The Kier molecular flexibility index (Phi) is 2.88.